The van der Waals surface area contributed by atoms with E-state index in [1.165, 1.54) is 30.4 Å². The zero-order chi connectivity index (χ0) is 13.3. The minimum Gasteiger partial charge on any atom is -0.290 e. The van der Waals surface area contributed by atoms with E-state index < -0.39 is 20.8 Å². The Morgan fingerprint density at radius 2 is 1.39 bits per heavy atom. The van der Waals surface area contributed by atoms with Gasteiger partial charge < -0.3 is 0 Å². The molecule has 0 aromatic rings. The highest BCUT2D eigenvalue weighted by atomic mass is 32.2. The van der Waals surface area contributed by atoms with Crippen LogP contribution in [0.15, 0.2) is 58.6 Å². The van der Waals surface area contributed by atoms with Crippen molar-refractivity contribution in [3.63, 3.8) is 0 Å². The third kappa shape index (κ3) is 2.44. The van der Waals surface area contributed by atoms with E-state index in [9.17, 15) is 18.0 Å². The lowest BCUT2D eigenvalue weighted by atomic mass is 9.99. The van der Waals surface area contributed by atoms with Gasteiger partial charge in [0.05, 0.1) is 0 Å². The van der Waals surface area contributed by atoms with E-state index in [2.05, 4.69) is 0 Å². The first-order valence-electron chi connectivity index (χ1n) is 4.94. The van der Waals surface area contributed by atoms with E-state index >= 15 is 0 Å². The van der Waals surface area contributed by atoms with Crippen molar-refractivity contribution in [1.29, 1.82) is 0 Å². The zero-order valence-corrected chi connectivity index (χ0v) is 9.85. The van der Waals surface area contributed by atoms with Crippen molar-refractivity contribution in [2.45, 2.75) is 0 Å². The van der Waals surface area contributed by atoms with Crippen LogP contribution >= 0.6 is 0 Å². The van der Waals surface area contributed by atoms with Crippen molar-refractivity contribution in [3.8, 4) is 0 Å². The monoisotopic (exact) mass is 264 g/mol. The molecule has 1 N–H and O–H groups in total. The topological polar surface area (TPSA) is 88.5 Å². The fraction of sp³-hybridized carbons (Fsp3) is 0. The van der Waals surface area contributed by atoms with Crippen molar-refractivity contribution >= 4 is 21.7 Å². The summed E-state index contributed by atoms with van der Waals surface area (Å²) in [5, 5.41) is 0. The number of rotatable bonds is 1. The Hall–Kier alpha value is -2.05. The van der Waals surface area contributed by atoms with Gasteiger partial charge in [0.25, 0.3) is 10.1 Å². The number of hydrogen-bond acceptors (Lipinski definition) is 4. The van der Waals surface area contributed by atoms with E-state index in [-0.39, 0.29) is 5.78 Å². The van der Waals surface area contributed by atoms with Crippen LogP contribution in [-0.4, -0.2) is 24.5 Å². The number of hydrogen-bond donors (Lipinski definition) is 1. The Morgan fingerprint density at radius 3 is 1.94 bits per heavy atom. The minimum absolute atomic E-state index is 0.172. The average Bonchev–Trinajstić information content (AvgIpc) is 2.29. The summed E-state index contributed by atoms with van der Waals surface area (Å²) in [5.74, 6) is -0.948. The van der Waals surface area contributed by atoms with E-state index in [4.69, 9.17) is 4.55 Å². The lowest BCUT2D eigenvalue weighted by Gasteiger charge is -2.09. The molecule has 5 nitrogen and oxygen atoms in total. The maximum absolute atomic E-state index is 11.3. The van der Waals surface area contributed by atoms with Crippen molar-refractivity contribution in [3.05, 3.63) is 58.6 Å². The van der Waals surface area contributed by atoms with Gasteiger partial charge in [-0.3, -0.25) is 14.1 Å². The summed E-state index contributed by atoms with van der Waals surface area (Å²) in [5.41, 5.74) is 1.02. The first kappa shape index (κ1) is 12.4. The second kappa shape index (κ2) is 4.32. The van der Waals surface area contributed by atoms with Gasteiger partial charge in [0, 0.05) is 0 Å². The van der Waals surface area contributed by atoms with Gasteiger partial charge in [-0.1, -0.05) is 18.2 Å². The smallest absolute Gasteiger partial charge is 0.290 e. The Labute approximate surface area is 103 Å². The fourth-order valence-electron chi connectivity index (χ4n) is 1.54. The van der Waals surface area contributed by atoms with Crippen molar-refractivity contribution < 1.29 is 22.6 Å². The third-order valence-corrected chi connectivity index (χ3v) is 3.28. The molecule has 0 bridgehead atoms. The third-order valence-electron chi connectivity index (χ3n) is 2.41. The summed E-state index contributed by atoms with van der Waals surface area (Å²) >= 11 is 0. The maximum atomic E-state index is 11.3. The molecular weight excluding hydrogens is 256 g/mol. The Bertz CT molecular complexity index is 666. The van der Waals surface area contributed by atoms with Gasteiger partial charge in [-0.15, -0.1) is 0 Å². The van der Waals surface area contributed by atoms with Crippen LogP contribution < -0.4 is 0 Å². The van der Waals surface area contributed by atoms with E-state index in [0.717, 1.165) is 12.2 Å². The Kier molecular flexibility index (Phi) is 2.98. The highest BCUT2D eigenvalue weighted by Crippen LogP contribution is 2.22. The molecule has 0 atom stereocenters. The molecule has 0 heterocycles. The number of ketones is 2. The van der Waals surface area contributed by atoms with Gasteiger partial charge in [0.15, 0.2) is 11.6 Å². The lowest BCUT2D eigenvalue weighted by Crippen LogP contribution is -2.13. The molecule has 0 saturated heterocycles. The van der Waals surface area contributed by atoms with Crippen molar-refractivity contribution in [1.82, 2.24) is 0 Å². The molecular formula is C12H8O5S. The van der Waals surface area contributed by atoms with Gasteiger partial charge in [0.2, 0.25) is 0 Å². The molecule has 2 rings (SSSR count). The van der Waals surface area contributed by atoms with Gasteiger partial charge in [-0.2, -0.15) is 8.42 Å². The van der Waals surface area contributed by atoms with Gasteiger partial charge in [-0.05, 0) is 35.5 Å². The van der Waals surface area contributed by atoms with Crippen LogP contribution in [0.5, 0.6) is 0 Å². The largest absolute Gasteiger partial charge is 0.298 e. The minimum atomic E-state index is -4.55. The molecule has 0 radical (unpaired) electrons. The number of carbonyl (C=O) groups excluding carboxylic acids is 2. The summed E-state index contributed by atoms with van der Waals surface area (Å²) in [4.78, 5) is 21.6. The van der Waals surface area contributed by atoms with E-state index in [1.807, 2.05) is 0 Å². The quantitative estimate of drug-likeness (QED) is 0.710. The summed E-state index contributed by atoms with van der Waals surface area (Å²) < 4.78 is 30.9. The van der Waals surface area contributed by atoms with Crippen molar-refractivity contribution in [2.24, 2.45) is 0 Å². The van der Waals surface area contributed by atoms with Crippen LogP contribution in [0.2, 0.25) is 0 Å². The maximum Gasteiger partial charge on any atom is 0.298 e. The molecule has 0 aromatic heterocycles. The molecule has 2 aliphatic rings. The fourth-order valence-corrected chi connectivity index (χ4v) is 2.13. The number of allylic oxidation sites excluding steroid dienone is 10. The van der Waals surface area contributed by atoms with Crippen LogP contribution in [0.4, 0.5) is 0 Å². The molecule has 18 heavy (non-hydrogen) atoms. The highest BCUT2D eigenvalue weighted by molar-refractivity contribution is 7.90. The van der Waals surface area contributed by atoms with Crippen LogP contribution in [0.1, 0.15) is 0 Å². The molecule has 0 saturated carbocycles. The molecule has 0 amide bonds. The molecule has 0 unspecified atom stereocenters. The van der Waals surface area contributed by atoms with Crippen LogP contribution in [-0.2, 0) is 19.7 Å². The normalized spacial score (nSPS) is 19.5. The predicted octanol–water partition coefficient (Wildman–Crippen LogP) is 0.889. The summed E-state index contributed by atoms with van der Waals surface area (Å²) in [6, 6.07) is 0. The molecule has 0 aliphatic heterocycles. The van der Waals surface area contributed by atoms with Crippen LogP contribution in [0.3, 0.4) is 0 Å². The second-order valence-electron chi connectivity index (χ2n) is 3.66. The average molecular weight is 264 g/mol. The van der Waals surface area contributed by atoms with Crippen LogP contribution in [0, 0.1) is 0 Å². The molecule has 92 valence electrons. The highest BCUT2D eigenvalue weighted by Gasteiger charge is 2.23. The first-order chi connectivity index (χ1) is 8.38. The predicted molar refractivity (Wildman–Crippen MR) is 64.1 cm³/mol. The van der Waals surface area contributed by atoms with E-state index in [1.54, 1.807) is 0 Å². The van der Waals surface area contributed by atoms with Gasteiger partial charge in [0.1, 0.15) is 4.91 Å². The van der Waals surface area contributed by atoms with Gasteiger partial charge in [-0.25, -0.2) is 0 Å². The second-order valence-corrected chi connectivity index (χ2v) is 5.05. The zero-order valence-electron chi connectivity index (χ0n) is 9.03. The number of carbonyl (C=O) groups is 2. The van der Waals surface area contributed by atoms with Crippen molar-refractivity contribution in [2.75, 3.05) is 0 Å². The van der Waals surface area contributed by atoms with Gasteiger partial charge >= 0.3 is 0 Å². The summed E-state index contributed by atoms with van der Waals surface area (Å²) in [6.07, 6.45) is 9.24. The van der Waals surface area contributed by atoms with E-state index in [0.29, 0.717) is 11.1 Å². The molecule has 2 aliphatic carbocycles. The Balaban J connectivity index is 2.53. The molecule has 6 heteroatoms. The summed E-state index contributed by atoms with van der Waals surface area (Å²) in [7, 11) is -4.55. The standard InChI is InChI=1S/C12H8O5S/c13-10-4-1-8(2-5-10)9-3-6-11(14)12(7-9)18(15,16)17/h1-7H,(H,15,16,17). The molecule has 0 fully saturated rings. The lowest BCUT2D eigenvalue weighted by molar-refractivity contribution is -0.111. The summed E-state index contributed by atoms with van der Waals surface area (Å²) in [6.45, 7) is 0. The molecule has 0 spiro atoms. The SMILES string of the molecule is O=C1C=CC(=C2C=CC(=O)C(S(=O)(=O)O)=C2)C=C1. The Morgan fingerprint density at radius 1 is 0.833 bits per heavy atom. The van der Waals surface area contributed by atoms with Crippen LogP contribution in [0.25, 0.3) is 0 Å². The first-order valence-corrected chi connectivity index (χ1v) is 6.38. The molecule has 0 aromatic carbocycles.